The molecule has 2 aromatic rings. The van der Waals surface area contributed by atoms with Crippen molar-refractivity contribution in [1.82, 2.24) is 15.5 Å². The first-order chi connectivity index (χ1) is 14.5. The first kappa shape index (κ1) is 21.6. The Morgan fingerprint density at radius 1 is 1.13 bits per heavy atom. The van der Waals surface area contributed by atoms with E-state index in [4.69, 9.17) is 9.47 Å². The van der Waals surface area contributed by atoms with E-state index >= 15 is 0 Å². The van der Waals surface area contributed by atoms with Gasteiger partial charge in [-0.2, -0.15) is 0 Å². The highest BCUT2D eigenvalue weighted by Gasteiger charge is 2.17. The predicted molar refractivity (Wildman–Crippen MR) is 109 cm³/mol. The van der Waals surface area contributed by atoms with Gasteiger partial charge in [0.25, 0.3) is 0 Å². The smallest absolute Gasteiger partial charge is 0.317 e. The van der Waals surface area contributed by atoms with Gasteiger partial charge < -0.3 is 25.0 Å². The Balaban J connectivity index is 1.36. The molecule has 3 rings (SSSR count). The molecule has 2 N–H and O–H groups in total. The molecule has 3 amide bonds. The van der Waals surface area contributed by atoms with E-state index in [1.807, 2.05) is 30.3 Å². The lowest BCUT2D eigenvalue weighted by Crippen LogP contribution is -2.39. The fourth-order valence-corrected chi connectivity index (χ4v) is 3.21. The maximum absolute atomic E-state index is 13.7. The monoisotopic (exact) mass is 415 g/mol. The maximum Gasteiger partial charge on any atom is 0.317 e. The van der Waals surface area contributed by atoms with E-state index in [9.17, 15) is 14.0 Å². The second-order valence-electron chi connectivity index (χ2n) is 7.09. The number of amides is 3. The van der Waals surface area contributed by atoms with E-state index in [1.54, 1.807) is 11.9 Å². The maximum atomic E-state index is 13.7. The molecule has 160 valence electrons. The molecule has 1 aliphatic heterocycles. The van der Waals surface area contributed by atoms with E-state index in [0.29, 0.717) is 43.0 Å². The lowest BCUT2D eigenvalue weighted by Gasteiger charge is -2.21. The predicted octanol–water partition coefficient (Wildman–Crippen LogP) is 2.58. The van der Waals surface area contributed by atoms with Crippen LogP contribution in [0.2, 0.25) is 0 Å². The number of carbonyl (C=O) groups excluding carboxylic acids is 2. The molecule has 0 bridgehead atoms. The first-order valence-corrected chi connectivity index (χ1v) is 9.84. The molecular weight excluding hydrogens is 389 g/mol. The number of nitrogens with zero attached hydrogens (tertiary/aromatic N) is 1. The van der Waals surface area contributed by atoms with E-state index < -0.39 is 0 Å². The Labute approximate surface area is 175 Å². The highest BCUT2D eigenvalue weighted by atomic mass is 19.1. The van der Waals surface area contributed by atoms with Crippen molar-refractivity contribution < 1.29 is 23.5 Å². The van der Waals surface area contributed by atoms with E-state index in [2.05, 4.69) is 10.6 Å². The fourth-order valence-electron chi connectivity index (χ4n) is 3.21. The number of carbonyl (C=O) groups is 2. The number of fused-ring (bicyclic) bond motifs is 1. The van der Waals surface area contributed by atoms with Gasteiger partial charge in [0.15, 0.2) is 6.79 Å². The van der Waals surface area contributed by atoms with Crippen molar-refractivity contribution in [3.05, 3.63) is 65.0 Å². The fraction of sp³-hybridized carbons (Fsp3) is 0.364. The van der Waals surface area contributed by atoms with Gasteiger partial charge in [-0.25, -0.2) is 9.18 Å². The van der Waals surface area contributed by atoms with E-state index in [0.717, 1.165) is 5.56 Å². The standard InChI is InChI=1S/C22H26FN3O4/c1-26(13-16-5-3-2-4-6-16)22(28)25-10-8-20(27)24-9-7-17-11-19(23)12-18-14-29-15-30-21(17)18/h2-6,11-12H,7-10,13-15H2,1H3,(H,24,27)(H,25,28). The summed E-state index contributed by atoms with van der Waals surface area (Å²) in [5, 5.41) is 5.52. The van der Waals surface area contributed by atoms with Crippen molar-refractivity contribution in [1.29, 1.82) is 0 Å². The Morgan fingerprint density at radius 2 is 1.93 bits per heavy atom. The second kappa shape index (κ2) is 10.6. The third kappa shape index (κ3) is 6.18. The molecule has 0 aliphatic carbocycles. The van der Waals surface area contributed by atoms with Crippen LogP contribution in [0.5, 0.6) is 5.75 Å². The Morgan fingerprint density at radius 3 is 2.73 bits per heavy atom. The van der Waals surface area contributed by atoms with Gasteiger partial charge in [-0.05, 0) is 29.7 Å². The third-order valence-corrected chi connectivity index (χ3v) is 4.71. The summed E-state index contributed by atoms with van der Waals surface area (Å²) in [4.78, 5) is 25.7. The Kier molecular flexibility index (Phi) is 7.62. The summed E-state index contributed by atoms with van der Waals surface area (Å²) in [5.74, 6) is 0.0904. The normalized spacial score (nSPS) is 12.5. The summed E-state index contributed by atoms with van der Waals surface area (Å²) in [6.07, 6.45) is 0.606. The van der Waals surface area contributed by atoms with Crippen LogP contribution >= 0.6 is 0 Å². The molecule has 0 aromatic heterocycles. The summed E-state index contributed by atoms with van der Waals surface area (Å²) in [6, 6.07) is 12.2. The molecule has 0 unspecified atom stereocenters. The van der Waals surface area contributed by atoms with Gasteiger partial charge in [0.1, 0.15) is 11.6 Å². The molecular formula is C22H26FN3O4. The number of rotatable bonds is 8. The van der Waals surface area contributed by atoms with Gasteiger partial charge >= 0.3 is 6.03 Å². The van der Waals surface area contributed by atoms with Crippen LogP contribution in [0.4, 0.5) is 9.18 Å². The second-order valence-corrected chi connectivity index (χ2v) is 7.09. The van der Waals surface area contributed by atoms with E-state index in [1.165, 1.54) is 12.1 Å². The molecule has 0 saturated heterocycles. The summed E-state index contributed by atoms with van der Waals surface area (Å²) >= 11 is 0. The Hall–Kier alpha value is -3.13. The van der Waals surface area contributed by atoms with E-state index in [-0.39, 0.29) is 37.5 Å². The minimum absolute atomic E-state index is 0.135. The van der Waals surface area contributed by atoms with Crippen LogP contribution in [0.1, 0.15) is 23.1 Å². The lowest BCUT2D eigenvalue weighted by atomic mass is 10.1. The van der Waals surface area contributed by atoms with Crippen molar-refractivity contribution in [2.45, 2.75) is 26.0 Å². The quantitative estimate of drug-likeness (QED) is 0.695. The molecule has 0 saturated carbocycles. The zero-order valence-electron chi connectivity index (χ0n) is 16.9. The highest BCUT2D eigenvalue weighted by Crippen LogP contribution is 2.29. The van der Waals surface area contributed by atoms with Crippen LogP contribution in [-0.2, 0) is 29.1 Å². The van der Waals surface area contributed by atoms with Gasteiger partial charge in [-0.15, -0.1) is 0 Å². The number of benzene rings is 2. The van der Waals surface area contributed by atoms with Gasteiger partial charge in [-0.3, -0.25) is 4.79 Å². The van der Waals surface area contributed by atoms with Gasteiger partial charge in [0.2, 0.25) is 5.91 Å². The molecule has 0 radical (unpaired) electrons. The minimum Gasteiger partial charge on any atom is -0.467 e. The van der Waals surface area contributed by atoms with Gasteiger partial charge in [0, 0.05) is 38.7 Å². The zero-order chi connectivity index (χ0) is 21.3. The van der Waals surface area contributed by atoms with Crippen molar-refractivity contribution in [3.8, 4) is 5.75 Å². The SMILES string of the molecule is CN(Cc1ccccc1)C(=O)NCCC(=O)NCCc1cc(F)cc2c1OCOC2. The first-order valence-electron chi connectivity index (χ1n) is 9.84. The number of ether oxygens (including phenoxy) is 2. The molecule has 1 aliphatic rings. The van der Waals surface area contributed by atoms with Crippen molar-refractivity contribution >= 4 is 11.9 Å². The van der Waals surface area contributed by atoms with Crippen LogP contribution in [0.25, 0.3) is 0 Å². The van der Waals surface area contributed by atoms with Crippen LogP contribution in [0.15, 0.2) is 42.5 Å². The molecule has 1 heterocycles. The number of urea groups is 1. The largest absolute Gasteiger partial charge is 0.467 e. The molecule has 0 atom stereocenters. The number of hydrogen-bond acceptors (Lipinski definition) is 4. The van der Waals surface area contributed by atoms with Crippen LogP contribution < -0.4 is 15.4 Å². The molecule has 2 aromatic carbocycles. The van der Waals surface area contributed by atoms with Crippen LogP contribution in [-0.4, -0.2) is 43.8 Å². The summed E-state index contributed by atoms with van der Waals surface area (Å²) < 4.78 is 24.4. The third-order valence-electron chi connectivity index (χ3n) is 4.71. The summed E-state index contributed by atoms with van der Waals surface area (Å²) in [7, 11) is 1.70. The number of nitrogens with one attached hydrogen (secondary N) is 2. The Bertz CT molecular complexity index is 876. The molecule has 30 heavy (non-hydrogen) atoms. The zero-order valence-corrected chi connectivity index (χ0v) is 16.9. The van der Waals surface area contributed by atoms with Crippen LogP contribution in [0, 0.1) is 5.82 Å². The van der Waals surface area contributed by atoms with Crippen LogP contribution in [0.3, 0.4) is 0 Å². The van der Waals surface area contributed by atoms with Crippen molar-refractivity contribution in [3.63, 3.8) is 0 Å². The lowest BCUT2D eigenvalue weighted by molar-refractivity contribution is -0.120. The minimum atomic E-state index is -0.355. The van der Waals surface area contributed by atoms with Crippen molar-refractivity contribution in [2.75, 3.05) is 26.9 Å². The van der Waals surface area contributed by atoms with Gasteiger partial charge in [-0.1, -0.05) is 30.3 Å². The summed E-state index contributed by atoms with van der Waals surface area (Å²) in [5.41, 5.74) is 2.40. The topological polar surface area (TPSA) is 79.9 Å². The molecule has 8 heteroatoms. The van der Waals surface area contributed by atoms with Crippen molar-refractivity contribution in [2.24, 2.45) is 0 Å². The average Bonchev–Trinajstić information content (AvgIpc) is 2.74. The summed E-state index contributed by atoms with van der Waals surface area (Å²) in [6.45, 7) is 1.52. The molecule has 7 nitrogen and oxygen atoms in total. The number of halogens is 1. The molecule has 0 fully saturated rings. The average molecular weight is 415 g/mol. The highest BCUT2D eigenvalue weighted by molar-refractivity contribution is 5.78. The number of hydrogen-bond donors (Lipinski definition) is 2. The van der Waals surface area contributed by atoms with Gasteiger partial charge in [0.05, 0.1) is 6.61 Å². The molecule has 0 spiro atoms.